The van der Waals surface area contributed by atoms with Crippen LogP contribution in [0.5, 0.6) is 0 Å². The van der Waals surface area contributed by atoms with E-state index in [1.807, 2.05) is 0 Å². The lowest BCUT2D eigenvalue weighted by atomic mass is 10.3. The summed E-state index contributed by atoms with van der Waals surface area (Å²) in [5.41, 5.74) is 0. The van der Waals surface area contributed by atoms with E-state index in [-0.39, 0.29) is 12.7 Å². The molecule has 0 heterocycles. The smallest absolute Gasteiger partial charge is 0.331 e. The van der Waals surface area contributed by atoms with Crippen molar-refractivity contribution in [2.24, 2.45) is 0 Å². The highest BCUT2D eigenvalue weighted by Gasteiger charge is 2.17. The van der Waals surface area contributed by atoms with Crippen molar-refractivity contribution in [3.8, 4) is 0 Å². The summed E-state index contributed by atoms with van der Waals surface area (Å²) in [6.07, 6.45) is 3.33. The Morgan fingerprint density at radius 3 is 2.92 bits per heavy atom. The van der Waals surface area contributed by atoms with Gasteiger partial charge in [-0.2, -0.15) is 0 Å². The average molecular weight is 172 g/mol. The van der Waals surface area contributed by atoms with Gasteiger partial charge in [0, 0.05) is 6.42 Å². The third-order valence-electron chi connectivity index (χ3n) is 1.66. The number of esters is 1. The Hall–Kier alpha value is -0.870. The molecule has 4 heteroatoms. The standard InChI is InChI=1S/C8H12O4/c1-11-8(10)5-12-7-3-2-6(9)4-7/h2-3,6-7,9H,4-5H2,1H3. The molecule has 0 aromatic carbocycles. The molecule has 4 nitrogen and oxygen atoms in total. The molecule has 68 valence electrons. The van der Waals surface area contributed by atoms with Gasteiger partial charge in [-0.25, -0.2) is 4.79 Å². The predicted molar refractivity (Wildman–Crippen MR) is 41.5 cm³/mol. The molecular weight excluding hydrogens is 160 g/mol. The highest BCUT2D eigenvalue weighted by molar-refractivity contribution is 5.70. The molecule has 2 atom stereocenters. The lowest BCUT2D eigenvalue weighted by molar-refractivity contribution is -0.147. The zero-order valence-corrected chi connectivity index (χ0v) is 6.90. The van der Waals surface area contributed by atoms with E-state index in [4.69, 9.17) is 9.84 Å². The van der Waals surface area contributed by atoms with E-state index in [0.29, 0.717) is 6.42 Å². The van der Waals surface area contributed by atoms with Gasteiger partial charge in [0.25, 0.3) is 0 Å². The van der Waals surface area contributed by atoms with Crippen molar-refractivity contribution in [3.63, 3.8) is 0 Å². The molecule has 0 saturated heterocycles. The van der Waals surface area contributed by atoms with Gasteiger partial charge < -0.3 is 14.6 Å². The van der Waals surface area contributed by atoms with Crippen LogP contribution in [0, 0.1) is 0 Å². The summed E-state index contributed by atoms with van der Waals surface area (Å²) in [5, 5.41) is 9.04. The summed E-state index contributed by atoms with van der Waals surface area (Å²) in [6, 6.07) is 0. The van der Waals surface area contributed by atoms with Crippen LogP contribution in [-0.4, -0.2) is 37.0 Å². The fraction of sp³-hybridized carbons (Fsp3) is 0.625. The first-order valence-corrected chi connectivity index (χ1v) is 3.77. The maximum atomic E-state index is 10.6. The second-order valence-electron chi connectivity index (χ2n) is 2.61. The number of ether oxygens (including phenoxy) is 2. The fourth-order valence-electron chi connectivity index (χ4n) is 1.00. The number of carbonyl (C=O) groups is 1. The van der Waals surface area contributed by atoms with Crippen LogP contribution in [0.4, 0.5) is 0 Å². The Morgan fingerprint density at radius 2 is 2.42 bits per heavy atom. The minimum Gasteiger partial charge on any atom is -0.467 e. The molecule has 1 rings (SSSR count). The van der Waals surface area contributed by atoms with Crippen LogP contribution in [0.2, 0.25) is 0 Å². The van der Waals surface area contributed by atoms with Crippen molar-refractivity contribution < 1.29 is 19.4 Å². The Kier molecular flexibility index (Phi) is 3.25. The first-order valence-electron chi connectivity index (χ1n) is 3.77. The molecular formula is C8H12O4. The van der Waals surface area contributed by atoms with Gasteiger partial charge in [0.2, 0.25) is 0 Å². The molecule has 0 aliphatic heterocycles. The van der Waals surface area contributed by atoms with Crippen LogP contribution in [0.25, 0.3) is 0 Å². The first-order chi connectivity index (χ1) is 5.72. The molecule has 1 N–H and O–H groups in total. The predicted octanol–water partition coefficient (Wildman–Crippen LogP) is -0.135. The second kappa shape index (κ2) is 4.23. The van der Waals surface area contributed by atoms with Gasteiger partial charge in [-0.1, -0.05) is 12.2 Å². The van der Waals surface area contributed by atoms with Crippen molar-refractivity contribution in [3.05, 3.63) is 12.2 Å². The monoisotopic (exact) mass is 172 g/mol. The number of hydrogen-bond donors (Lipinski definition) is 1. The quantitative estimate of drug-likeness (QED) is 0.475. The van der Waals surface area contributed by atoms with Gasteiger partial charge >= 0.3 is 5.97 Å². The Balaban J connectivity index is 2.17. The summed E-state index contributed by atoms with van der Waals surface area (Å²) in [4.78, 5) is 10.6. The van der Waals surface area contributed by atoms with Crippen LogP contribution >= 0.6 is 0 Å². The lowest BCUT2D eigenvalue weighted by Gasteiger charge is -2.08. The fourth-order valence-corrected chi connectivity index (χ4v) is 1.00. The van der Waals surface area contributed by atoms with Crippen molar-refractivity contribution >= 4 is 5.97 Å². The van der Waals surface area contributed by atoms with E-state index in [0.717, 1.165) is 0 Å². The molecule has 0 fully saturated rings. The molecule has 12 heavy (non-hydrogen) atoms. The van der Waals surface area contributed by atoms with Crippen molar-refractivity contribution in [1.29, 1.82) is 0 Å². The van der Waals surface area contributed by atoms with Crippen LogP contribution < -0.4 is 0 Å². The molecule has 0 saturated carbocycles. The molecule has 1 aliphatic carbocycles. The molecule has 2 unspecified atom stereocenters. The number of rotatable bonds is 3. The van der Waals surface area contributed by atoms with Gasteiger partial charge in [0.1, 0.15) is 6.61 Å². The minimum absolute atomic E-state index is 0.0573. The van der Waals surface area contributed by atoms with Crippen LogP contribution in [-0.2, 0) is 14.3 Å². The lowest BCUT2D eigenvalue weighted by Crippen LogP contribution is -2.17. The first kappa shape index (κ1) is 9.22. The van der Waals surface area contributed by atoms with E-state index in [2.05, 4.69) is 4.74 Å². The van der Waals surface area contributed by atoms with Crippen molar-refractivity contribution in [2.75, 3.05) is 13.7 Å². The summed E-state index contributed by atoms with van der Waals surface area (Å²) in [5.74, 6) is -0.398. The molecule has 0 amide bonds. The topological polar surface area (TPSA) is 55.8 Å². The molecule has 0 radical (unpaired) electrons. The summed E-state index contributed by atoms with van der Waals surface area (Å²) in [7, 11) is 1.31. The van der Waals surface area contributed by atoms with Crippen LogP contribution in [0.15, 0.2) is 12.2 Å². The highest BCUT2D eigenvalue weighted by atomic mass is 16.6. The number of methoxy groups -OCH3 is 1. The molecule has 0 aromatic rings. The molecule has 0 bridgehead atoms. The molecule has 0 aromatic heterocycles. The Bertz CT molecular complexity index is 187. The normalized spacial score (nSPS) is 27.5. The summed E-state index contributed by atoms with van der Waals surface area (Å²) in [6.45, 7) is -0.0573. The molecule has 0 spiro atoms. The third-order valence-corrected chi connectivity index (χ3v) is 1.66. The largest absolute Gasteiger partial charge is 0.467 e. The number of carbonyl (C=O) groups excluding carboxylic acids is 1. The summed E-state index contributed by atoms with van der Waals surface area (Å²) < 4.78 is 9.49. The highest BCUT2D eigenvalue weighted by Crippen LogP contribution is 2.13. The molecule has 1 aliphatic rings. The van der Waals surface area contributed by atoms with E-state index in [9.17, 15) is 4.79 Å². The van der Waals surface area contributed by atoms with E-state index >= 15 is 0 Å². The second-order valence-corrected chi connectivity index (χ2v) is 2.61. The van der Waals surface area contributed by atoms with Crippen LogP contribution in [0.1, 0.15) is 6.42 Å². The zero-order valence-electron chi connectivity index (χ0n) is 6.90. The maximum Gasteiger partial charge on any atom is 0.331 e. The minimum atomic E-state index is -0.437. The average Bonchev–Trinajstić information content (AvgIpc) is 2.47. The third kappa shape index (κ3) is 2.64. The summed E-state index contributed by atoms with van der Waals surface area (Å²) >= 11 is 0. The number of aliphatic hydroxyl groups is 1. The van der Waals surface area contributed by atoms with Gasteiger partial charge in [-0.15, -0.1) is 0 Å². The van der Waals surface area contributed by atoms with E-state index in [1.165, 1.54) is 7.11 Å². The van der Waals surface area contributed by atoms with Gasteiger partial charge in [-0.05, 0) is 0 Å². The van der Waals surface area contributed by atoms with Gasteiger partial charge in [0.05, 0.1) is 19.3 Å². The van der Waals surface area contributed by atoms with E-state index in [1.54, 1.807) is 12.2 Å². The Morgan fingerprint density at radius 1 is 1.67 bits per heavy atom. The van der Waals surface area contributed by atoms with Crippen molar-refractivity contribution in [2.45, 2.75) is 18.6 Å². The number of hydrogen-bond acceptors (Lipinski definition) is 4. The SMILES string of the molecule is COC(=O)COC1C=CC(O)C1. The zero-order chi connectivity index (χ0) is 8.97. The van der Waals surface area contributed by atoms with Crippen LogP contribution in [0.3, 0.4) is 0 Å². The van der Waals surface area contributed by atoms with Gasteiger partial charge in [-0.3, -0.25) is 0 Å². The number of aliphatic hydroxyl groups excluding tert-OH is 1. The van der Waals surface area contributed by atoms with Crippen molar-refractivity contribution in [1.82, 2.24) is 0 Å². The Labute approximate surface area is 70.8 Å². The van der Waals surface area contributed by atoms with Gasteiger partial charge in [0.15, 0.2) is 0 Å². The maximum absolute atomic E-state index is 10.6. The van der Waals surface area contributed by atoms with E-state index < -0.39 is 12.1 Å².